The fraction of sp³-hybridized carbons (Fsp3) is 0.500. The number of amides is 1. The molecular weight excluding hydrogens is 540 g/mol. The zero-order chi connectivity index (χ0) is 18.5. The van der Waals surface area contributed by atoms with E-state index < -0.39 is 23.7 Å². The van der Waals surface area contributed by atoms with E-state index in [1.807, 2.05) is 45.2 Å². The minimum Gasteiger partial charge on any atom is -0.506 e. The molecule has 0 radical (unpaired) electrons. The Morgan fingerprint density at radius 2 is 1.79 bits per heavy atom. The van der Waals surface area contributed by atoms with E-state index in [1.54, 1.807) is 39.8 Å². The molecule has 24 heavy (non-hydrogen) atoms. The van der Waals surface area contributed by atoms with Crippen molar-refractivity contribution >= 4 is 57.2 Å². The third-order valence-electron chi connectivity index (χ3n) is 2.78. The molecule has 0 saturated carbocycles. The first-order valence-corrected chi connectivity index (χ1v) is 9.52. The first kappa shape index (κ1) is 21.3. The molecule has 0 aromatic heterocycles. The van der Waals surface area contributed by atoms with Crippen molar-refractivity contribution in [3.63, 3.8) is 0 Å². The maximum Gasteiger partial charge on any atom is 0.408 e. The highest BCUT2D eigenvalue weighted by Gasteiger charge is 2.26. The molecule has 2 N–H and O–H groups in total. The zero-order valence-corrected chi connectivity index (χ0v) is 18.3. The predicted octanol–water partition coefficient (Wildman–Crippen LogP) is 3.60. The standard InChI is InChI=1S/C16H21I2NO5/c1-5-23-14(21)12(19-15(22)24-16(2,3)4)8-9-6-10(17)13(20)11(18)7-9/h6-7,12,20H,5,8H2,1-4H3,(H,19,22)/t12-/m1/s1. The highest BCUT2D eigenvalue weighted by molar-refractivity contribution is 14.1. The van der Waals surface area contributed by atoms with Gasteiger partial charge in [0, 0.05) is 6.42 Å². The number of aromatic hydroxyl groups is 1. The van der Waals surface area contributed by atoms with Crippen LogP contribution in [0.25, 0.3) is 0 Å². The molecule has 134 valence electrons. The van der Waals surface area contributed by atoms with Crippen LogP contribution < -0.4 is 5.32 Å². The summed E-state index contributed by atoms with van der Waals surface area (Å²) in [6, 6.07) is 2.66. The van der Waals surface area contributed by atoms with Crippen molar-refractivity contribution in [3.8, 4) is 5.75 Å². The van der Waals surface area contributed by atoms with Crippen LogP contribution in [-0.2, 0) is 20.7 Å². The van der Waals surface area contributed by atoms with Crippen molar-refractivity contribution < 1.29 is 24.2 Å². The Labute approximate surface area is 168 Å². The maximum absolute atomic E-state index is 12.1. The van der Waals surface area contributed by atoms with Gasteiger partial charge in [-0.3, -0.25) is 0 Å². The van der Waals surface area contributed by atoms with E-state index in [-0.39, 0.29) is 18.8 Å². The van der Waals surface area contributed by atoms with Crippen molar-refractivity contribution in [2.24, 2.45) is 0 Å². The molecule has 8 heteroatoms. The summed E-state index contributed by atoms with van der Waals surface area (Å²) < 4.78 is 11.6. The molecule has 0 fully saturated rings. The maximum atomic E-state index is 12.1. The monoisotopic (exact) mass is 561 g/mol. The van der Waals surface area contributed by atoms with Crippen LogP contribution in [0.15, 0.2) is 12.1 Å². The first-order valence-electron chi connectivity index (χ1n) is 7.36. The summed E-state index contributed by atoms with van der Waals surface area (Å²) in [5.74, 6) is -0.325. The van der Waals surface area contributed by atoms with Crippen LogP contribution in [0, 0.1) is 7.14 Å². The summed E-state index contributed by atoms with van der Waals surface area (Å²) in [5.41, 5.74) is 0.141. The van der Waals surface area contributed by atoms with Crippen LogP contribution in [0.1, 0.15) is 33.3 Å². The Balaban J connectivity index is 2.94. The molecule has 0 spiro atoms. The molecule has 1 aromatic carbocycles. The van der Waals surface area contributed by atoms with Gasteiger partial charge in [-0.25, -0.2) is 9.59 Å². The first-order chi connectivity index (χ1) is 11.0. The zero-order valence-electron chi connectivity index (χ0n) is 14.0. The van der Waals surface area contributed by atoms with E-state index >= 15 is 0 Å². The Hall–Kier alpha value is -0.780. The molecule has 0 unspecified atom stereocenters. The number of ether oxygens (including phenoxy) is 2. The summed E-state index contributed by atoms with van der Waals surface area (Å²) in [7, 11) is 0. The summed E-state index contributed by atoms with van der Waals surface area (Å²) >= 11 is 4.03. The third-order valence-corrected chi connectivity index (χ3v) is 4.42. The molecule has 1 atom stereocenters. The van der Waals surface area contributed by atoms with Gasteiger partial charge in [0.25, 0.3) is 0 Å². The molecule has 0 aliphatic carbocycles. The Kier molecular flexibility index (Phi) is 8.03. The number of phenols is 1. The Morgan fingerprint density at radius 3 is 2.25 bits per heavy atom. The van der Waals surface area contributed by atoms with E-state index in [0.29, 0.717) is 7.14 Å². The van der Waals surface area contributed by atoms with Gasteiger partial charge in [0.05, 0.1) is 13.7 Å². The summed E-state index contributed by atoms with van der Waals surface area (Å²) in [4.78, 5) is 24.1. The number of esters is 1. The van der Waals surface area contributed by atoms with Crippen molar-refractivity contribution in [2.75, 3.05) is 6.61 Å². The highest BCUT2D eigenvalue weighted by Crippen LogP contribution is 2.28. The number of alkyl carbamates (subject to hydrolysis) is 1. The average Bonchev–Trinajstić information content (AvgIpc) is 2.42. The smallest absolute Gasteiger partial charge is 0.408 e. The second-order valence-corrected chi connectivity index (χ2v) is 8.39. The highest BCUT2D eigenvalue weighted by atomic mass is 127. The molecule has 0 bridgehead atoms. The molecule has 6 nitrogen and oxygen atoms in total. The summed E-state index contributed by atoms with van der Waals surface area (Å²) in [6.07, 6.45) is -0.437. The van der Waals surface area contributed by atoms with E-state index in [1.165, 1.54) is 0 Å². The molecule has 1 aromatic rings. The van der Waals surface area contributed by atoms with Crippen molar-refractivity contribution in [1.82, 2.24) is 5.32 Å². The Morgan fingerprint density at radius 1 is 1.25 bits per heavy atom. The molecular formula is C16H21I2NO5. The molecule has 0 saturated heterocycles. The molecule has 1 amide bonds. The number of halogens is 2. The van der Waals surface area contributed by atoms with Crippen LogP contribution in [0.2, 0.25) is 0 Å². The lowest BCUT2D eigenvalue weighted by Crippen LogP contribution is -2.45. The number of hydrogen-bond donors (Lipinski definition) is 2. The lowest BCUT2D eigenvalue weighted by atomic mass is 10.1. The van der Waals surface area contributed by atoms with Crippen molar-refractivity contribution in [1.29, 1.82) is 0 Å². The third kappa shape index (κ3) is 6.99. The van der Waals surface area contributed by atoms with Crippen molar-refractivity contribution in [2.45, 2.75) is 45.8 Å². The molecule has 1 rings (SSSR count). The predicted molar refractivity (Wildman–Crippen MR) is 107 cm³/mol. The number of carbonyl (C=O) groups is 2. The van der Waals surface area contributed by atoms with Crippen LogP contribution in [0.5, 0.6) is 5.75 Å². The van der Waals surface area contributed by atoms with E-state index in [9.17, 15) is 14.7 Å². The van der Waals surface area contributed by atoms with Gasteiger partial charge in [-0.15, -0.1) is 0 Å². The van der Waals surface area contributed by atoms with E-state index in [0.717, 1.165) is 5.56 Å². The van der Waals surface area contributed by atoms with E-state index in [2.05, 4.69) is 5.32 Å². The lowest BCUT2D eigenvalue weighted by molar-refractivity contribution is -0.145. The average molecular weight is 561 g/mol. The minimum absolute atomic E-state index is 0.202. The number of phenolic OH excluding ortho intramolecular Hbond substituents is 1. The number of rotatable bonds is 5. The van der Waals surface area contributed by atoms with Gasteiger partial charge >= 0.3 is 12.1 Å². The van der Waals surface area contributed by atoms with E-state index in [4.69, 9.17) is 9.47 Å². The normalized spacial score (nSPS) is 12.4. The SMILES string of the molecule is CCOC(=O)[C@@H](Cc1cc(I)c(O)c(I)c1)NC(=O)OC(C)(C)C. The van der Waals surface area contributed by atoms with Gasteiger partial charge < -0.3 is 19.9 Å². The van der Waals surface area contributed by atoms with Crippen LogP contribution in [-0.4, -0.2) is 35.4 Å². The fourth-order valence-corrected chi connectivity index (χ4v) is 3.75. The van der Waals surface area contributed by atoms with Crippen LogP contribution in [0.4, 0.5) is 4.79 Å². The number of carbonyl (C=O) groups excluding carboxylic acids is 2. The molecule has 0 aliphatic heterocycles. The van der Waals surface area contributed by atoms with Crippen molar-refractivity contribution in [3.05, 3.63) is 24.8 Å². The lowest BCUT2D eigenvalue weighted by Gasteiger charge is -2.23. The van der Waals surface area contributed by atoms with Gasteiger partial charge in [0.2, 0.25) is 0 Å². The fourth-order valence-electron chi connectivity index (χ4n) is 1.86. The summed E-state index contributed by atoms with van der Waals surface area (Å²) in [6.45, 7) is 7.16. The number of benzene rings is 1. The summed E-state index contributed by atoms with van der Waals surface area (Å²) in [5, 5.41) is 12.4. The Bertz CT molecular complexity index is 590. The number of nitrogens with one attached hydrogen (secondary N) is 1. The largest absolute Gasteiger partial charge is 0.506 e. The van der Waals surface area contributed by atoms with Crippen LogP contribution in [0.3, 0.4) is 0 Å². The van der Waals surface area contributed by atoms with Gasteiger partial charge in [-0.05, 0) is 90.6 Å². The molecule has 0 aliphatic rings. The second kappa shape index (κ2) is 9.07. The van der Waals surface area contributed by atoms with Gasteiger partial charge in [0.15, 0.2) is 0 Å². The van der Waals surface area contributed by atoms with Gasteiger partial charge in [0.1, 0.15) is 17.4 Å². The topological polar surface area (TPSA) is 84.9 Å². The molecule has 0 heterocycles. The quantitative estimate of drug-likeness (QED) is 0.425. The van der Waals surface area contributed by atoms with Gasteiger partial charge in [-0.2, -0.15) is 0 Å². The van der Waals surface area contributed by atoms with Crippen LogP contribution >= 0.6 is 45.2 Å². The van der Waals surface area contributed by atoms with Gasteiger partial charge in [-0.1, -0.05) is 0 Å². The minimum atomic E-state index is -0.865. The number of hydrogen-bond acceptors (Lipinski definition) is 5. The second-order valence-electron chi connectivity index (χ2n) is 6.06.